The first kappa shape index (κ1) is 61.8. The van der Waals surface area contributed by atoms with Crippen LogP contribution in [0.4, 0.5) is 34.1 Å². The highest BCUT2D eigenvalue weighted by atomic mass is 15.2. The van der Waals surface area contributed by atoms with Crippen molar-refractivity contribution in [1.82, 2.24) is 4.57 Å². The Kier molecular flexibility index (Phi) is 14.4. The van der Waals surface area contributed by atoms with Crippen molar-refractivity contribution in [3.63, 3.8) is 0 Å². The summed E-state index contributed by atoms with van der Waals surface area (Å²) in [5.41, 5.74) is 34.3. The van der Waals surface area contributed by atoms with Crippen LogP contribution in [0.15, 0.2) is 352 Å². The molecule has 3 aliphatic rings. The molecule has 0 spiro atoms. The predicted octanol–water partition coefficient (Wildman–Crippen LogP) is 24.2. The average Bonchev–Trinajstić information content (AvgIpc) is 1.67. The topological polar surface area (TPSA) is 11.4 Å². The summed E-state index contributed by atoms with van der Waals surface area (Å²) in [7, 11) is 0. The van der Waals surface area contributed by atoms with Gasteiger partial charge in [0.1, 0.15) is 0 Å². The first-order valence-corrected chi connectivity index (χ1v) is 36.3. The molecule has 1 aromatic heterocycles. The van der Waals surface area contributed by atoms with Crippen molar-refractivity contribution in [1.29, 1.82) is 0 Å². The molecule has 3 nitrogen and oxygen atoms in total. The summed E-state index contributed by atoms with van der Waals surface area (Å²) < 4.78 is 2.51. The lowest BCUT2D eigenvalue weighted by Gasteiger charge is -2.46. The standard InChI is InChI=1S/C99H76BN3/c1-97(2,3)72-55-58-89-86(63-72)100-85-57-56-74(101-87-53-29-26-46-79(87)80-47-27-30-54-88(80)101)64-90(85)103(96-82(67-37-17-9-18-38-67)61-73(98(4,5)6)62-83(96)68-39-19-10-20-40-68)92-60-69(59-91(94(92)100)102(89)95-76(65-33-13-7-14-34-65)49-32-50-77(95)66-35-15-8-16-36-66)75-48-31-51-81-78-45-25-28-52-84(78)99(93(75)81,70-41-21-11-22-42-70)71-43-23-12-24-44-71/h7-64H,1-6H3. The fourth-order valence-electron chi connectivity index (χ4n) is 17.6. The summed E-state index contributed by atoms with van der Waals surface area (Å²) in [5, 5.41) is 2.45. The maximum Gasteiger partial charge on any atom is 0.252 e. The maximum atomic E-state index is 2.75. The third-order valence-electron chi connectivity index (χ3n) is 22.3. The van der Waals surface area contributed by atoms with Gasteiger partial charge in [0.25, 0.3) is 6.71 Å². The molecule has 490 valence electrons. The molecule has 0 unspecified atom stereocenters. The Hall–Kier alpha value is -12.2. The lowest BCUT2D eigenvalue weighted by Crippen LogP contribution is -2.61. The second-order valence-electron chi connectivity index (χ2n) is 30.3. The molecule has 0 atom stereocenters. The fourth-order valence-corrected chi connectivity index (χ4v) is 17.6. The van der Waals surface area contributed by atoms with Crippen LogP contribution < -0.4 is 26.2 Å². The Labute approximate surface area is 605 Å². The summed E-state index contributed by atoms with van der Waals surface area (Å²) in [6.45, 7) is 13.9. The second-order valence-corrected chi connectivity index (χ2v) is 30.3. The molecule has 0 saturated carbocycles. The van der Waals surface area contributed by atoms with E-state index in [4.69, 9.17) is 0 Å². The number of para-hydroxylation sites is 3. The van der Waals surface area contributed by atoms with Gasteiger partial charge in [-0.05, 0) is 160 Å². The molecule has 103 heavy (non-hydrogen) atoms. The molecule has 0 fully saturated rings. The molecule has 16 aromatic rings. The zero-order valence-corrected chi connectivity index (χ0v) is 58.9. The van der Waals surface area contributed by atoms with Gasteiger partial charge >= 0.3 is 0 Å². The molecule has 0 radical (unpaired) electrons. The molecule has 19 rings (SSSR count). The molecule has 0 saturated heterocycles. The van der Waals surface area contributed by atoms with Crippen molar-refractivity contribution in [2.24, 2.45) is 0 Å². The third kappa shape index (κ3) is 9.72. The largest absolute Gasteiger partial charge is 0.310 e. The number of anilines is 6. The number of hydrogen-bond acceptors (Lipinski definition) is 2. The second kappa shape index (κ2) is 24.0. The SMILES string of the molecule is CC(C)(C)c1ccc2c(c1)B1c3ccc(-n4c5ccccc5c5ccccc54)cc3N(c3c(-c4ccccc4)cc(C(C)(C)C)cc3-c3ccccc3)c3cc(-c4cccc5c4C(c4ccccc4)(c4ccccc4)c4ccccc4-5)cc(c31)N2c1c(-c2ccccc2)cccc1-c1ccccc1. The Morgan fingerprint density at radius 2 is 0.709 bits per heavy atom. The zero-order valence-electron chi connectivity index (χ0n) is 58.9. The minimum atomic E-state index is -0.718. The Morgan fingerprint density at radius 3 is 1.23 bits per heavy atom. The smallest absolute Gasteiger partial charge is 0.252 e. The number of fused-ring (bicyclic) bond motifs is 10. The highest BCUT2D eigenvalue weighted by Crippen LogP contribution is 2.61. The van der Waals surface area contributed by atoms with Gasteiger partial charge in [0.2, 0.25) is 0 Å². The van der Waals surface area contributed by atoms with E-state index in [1.807, 2.05) is 0 Å². The van der Waals surface area contributed by atoms with Gasteiger partial charge in [0.15, 0.2) is 0 Å². The predicted molar refractivity (Wildman–Crippen MR) is 437 cm³/mol. The van der Waals surface area contributed by atoms with E-state index in [0.717, 1.165) is 89.9 Å². The van der Waals surface area contributed by atoms with Gasteiger partial charge < -0.3 is 14.4 Å². The van der Waals surface area contributed by atoms with Gasteiger partial charge in [-0.3, -0.25) is 0 Å². The van der Waals surface area contributed by atoms with Crippen LogP contribution in [0, 0.1) is 0 Å². The summed E-state index contributed by atoms with van der Waals surface area (Å²) in [6.07, 6.45) is 0. The van der Waals surface area contributed by atoms with Crippen molar-refractivity contribution >= 4 is 79.0 Å². The van der Waals surface area contributed by atoms with E-state index in [1.165, 1.54) is 88.3 Å². The summed E-state index contributed by atoms with van der Waals surface area (Å²) in [5.74, 6) is 0. The Morgan fingerprint density at radius 1 is 0.282 bits per heavy atom. The first-order chi connectivity index (χ1) is 50.4. The highest BCUT2D eigenvalue weighted by Gasteiger charge is 2.50. The lowest BCUT2D eigenvalue weighted by molar-refractivity contribution is 0.590. The molecule has 0 bridgehead atoms. The van der Waals surface area contributed by atoms with E-state index in [1.54, 1.807) is 0 Å². The van der Waals surface area contributed by atoms with Crippen LogP contribution in [0.5, 0.6) is 0 Å². The Balaban J connectivity index is 1.03. The minimum absolute atomic E-state index is 0.187. The minimum Gasteiger partial charge on any atom is -0.310 e. The molecule has 2 aliphatic heterocycles. The summed E-state index contributed by atoms with van der Waals surface area (Å²) >= 11 is 0. The van der Waals surface area contributed by atoms with Gasteiger partial charge in [0.05, 0.1) is 27.8 Å². The van der Waals surface area contributed by atoms with Crippen molar-refractivity contribution < 1.29 is 0 Å². The molecule has 3 heterocycles. The van der Waals surface area contributed by atoms with E-state index in [9.17, 15) is 0 Å². The molecule has 0 amide bonds. The van der Waals surface area contributed by atoms with Gasteiger partial charge in [0, 0.05) is 61.5 Å². The van der Waals surface area contributed by atoms with Crippen LogP contribution in [-0.2, 0) is 16.2 Å². The molecular weight excluding hydrogens is 1240 g/mol. The third-order valence-corrected chi connectivity index (χ3v) is 22.3. The number of nitrogens with zero attached hydrogens (tertiary/aromatic N) is 3. The van der Waals surface area contributed by atoms with E-state index >= 15 is 0 Å². The highest BCUT2D eigenvalue weighted by molar-refractivity contribution is 7.00. The summed E-state index contributed by atoms with van der Waals surface area (Å²) in [4.78, 5) is 5.46. The molecule has 4 heteroatoms. The van der Waals surface area contributed by atoms with Gasteiger partial charge in [-0.2, -0.15) is 0 Å². The van der Waals surface area contributed by atoms with Crippen LogP contribution in [0.2, 0.25) is 0 Å². The van der Waals surface area contributed by atoms with Crippen LogP contribution in [0.3, 0.4) is 0 Å². The van der Waals surface area contributed by atoms with Gasteiger partial charge in [-0.15, -0.1) is 0 Å². The van der Waals surface area contributed by atoms with Crippen LogP contribution in [0.25, 0.3) is 94.3 Å². The number of hydrogen-bond donors (Lipinski definition) is 0. The van der Waals surface area contributed by atoms with Crippen LogP contribution in [-0.4, -0.2) is 11.3 Å². The fraction of sp³-hybridized carbons (Fsp3) is 0.0909. The van der Waals surface area contributed by atoms with Gasteiger partial charge in [-0.1, -0.05) is 339 Å². The number of rotatable bonds is 10. The van der Waals surface area contributed by atoms with Crippen molar-refractivity contribution in [3.8, 4) is 72.4 Å². The quantitative estimate of drug-likeness (QED) is 0.126. The van der Waals surface area contributed by atoms with E-state index < -0.39 is 5.41 Å². The number of aromatic nitrogens is 1. The normalized spacial score (nSPS) is 13.4. The number of benzene rings is 15. The first-order valence-electron chi connectivity index (χ1n) is 36.3. The monoisotopic (exact) mass is 1320 g/mol. The average molecular weight is 1320 g/mol. The van der Waals surface area contributed by atoms with E-state index in [0.29, 0.717) is 0 Å². The molecule has 15 aromatic carbocycles. The lowest BCUT2D eigenvalue weighted by atomic mass is 9.33. The van der Waals surface area contributed by atoms with Crippen LogP contribution in [0.1, 0.15) is 74.9 Å². The van der Waals surface area contributed by atoms with Crippen molar-refractivity contribution in [3.05, 3.63) is 385 Å². The van der Waals surface area contributed by atoms with Crippen LogP contribution >= 0.6 is 0 Å². The molecular formula is C99H76BN3. The van der Waals surface area contributed by atoms with Gasteiger partial charge in [-0.25, -0.2) is 0 Å². The Bertz CT molecular complexity index is 5790. The molecule has 1 aliphatic carbocycles. The molecule has 0 N–H and O–H groups in total. The summed E-state index contributed by atoms with van der Waals surface area (Å²) in [6, 6.07) is 134. The zero-order chi connectivity index (χ0) is 69.3. The van der Waals surface area contributed by atoms with Crippen molar-refractivity contribution in [2.45, 2.75) is 57.8 Å². The maximum absolute atomic E-state index is 2.75. The van der Waals surface area contributed by atoms with Crippen molar-refractivity contribution in [2.75, 3.05) is 9.80 Å². The van der Waals surface area contributed by atoms with E-state index in [-0.39, 0.29) is 17.5 Å². The van der Waals surface area contributed by atoms with E-state index in [2.05, 4.69) is 408 Å².